The number of hydrogen-bond donors (Lipinski definition) is 1. The Morgan fingerprint density at radius 1 is 0.591 bits per heavy atom. The molecule has 1 N–H and O–H groups in total. The van der Waals surface area contributed by atoms with Gasteiger partial charge in [-0.2, -0.15) is 39.5 Å². The maximum atomic E-state index is 12.1. The second-order valence-electron chi connectivity index (χ2n) is 3.12. The van der Waals surface area contributed by atoms with E-state index in [2.05, 4.69) is 0 Å². The molecule has 1 unspecified atom stereocenters. The molecule has 0 heterocycles. The van der Waals surface area contributed by atoms with Crippen LogP contribution in [0, 0.1) is 0 Å². The molecule has 0 aromatic heterocycles. The predicted octanol–water partition coefficient (Wildman–Crippen LogP) is 1.22. The van der Waals surface area contributed by atoms with E-state index in [1.807, 2.05) is 0 Å². The van der Waals surface area contributed by atoms with Crippen molar-refractivity contribution in [3.05, 3.63) is 0 Å². The molecule has 6 nitrogen and oxygen atoms in total. The van der Waals surface area contributed by atoms with E-state index in [0.29, 0.717) is 0 Å². The summed E-state index contributed by atoms with van der Waals surface area (Å²) < 4.78 is 166. The zero-order chi connectivity index (χ0) is 18.6. The lowest BCUT2D eigenvalue weighted by atomic mass is 11.5. The van der Waals surface area contributed by atoms with Crippen LogP contribution in [0.4, 0.5) is 39.5 Å². The summed E-state index contributed by atoms with van der Waals surface area (Å²) in [6.07, 6.45) is 0. The van der Waals surface area contributed by atoms with Crippen LogP contribution in [0.5, 0.6) is 0 Å². The molecular formula is C4HF9O6S3. The van der Waals surface area contributed by atoms with Crippen LogP contribution in [0.25, 0.3) is 0 Å². The fraction of sp³-hybridized carbons (Fsp3) is 0.750. The Labute approximate surface area is 115 Å². The quantitative estimate of drug-likeness (QED) is 0.474. The number of alkyl halides is 9. The van der Waals surface area contributed by atoms with Crippen LogP contribution in [0.2, 0.25) is 0 Å². The first-order valence-electron chi connectivity index (χ1n) is 3.94. The van der Waals surface area contributed by atoms with Crippen LogP contribution < -0.4 is 0 Å². The van der Waals surface area contributed by atoms with Gasteiger partial charge < -0.3 is 4.55 Å². The average Bonchev–Trinajstić information content (AvgIpc) is 2.09. The molecule has 0 aliphatic rings. The molecule has 0 radical (unpaired) electrons. The molecule has 0 aromatic carbocycles. The Hall–Kier alpha value is -0.750. The van der Waals surface area contributed by atoms with Crippen LogP contribution in [0.15, 0.2) is 0 Å². The lowest BCUT2D eigenvalue weighted by Gasteiger charge is -2.18. The Kier molecular flexibility index (Phi) is 4.95. The minimum atomic E-state index is -7.96. The second-order valence-corrected chi connectivity index (χ2v) is 9.57. The second kappa shape index (κ2) is 5.13. The first-order chi connectivity index (χ1) is 9.12. The van der Waals surface area contributed by atoms with Crippen molar-refractivity contribution in [3.63, 3.8) is 0 Å². The maximum Gasteiger partial charge on any atom is 0.503 e. The summed E-state index contributed by atoms with van der Waals surface area (Å²) >= 11 is 0. The van der Waals surface area contributed by atoms with Gasteiger partial charge in [-0.3, -0.25) is 0 Å². The molecule has 22 heavy (non-hydrogen) atoms. The molecule has 0 bridgehead atoms. The SMILES string of the molecule is O=S(=O)(C(S(=O)(=O)C(F)(F)F)=S(=O)(O)C(F)(F)F)C(F)(F)F. The first kappa shape index (κ1) is 21.2. The van der Waals surface area contributed by atoms with Gasteiger partial charge in [-0.15, -0.1) is 0 Å². The summed E-state index contributed by atoms with van der Waals surface area (Å²) in [5.41, 5.74) is -21.0. The number of rotatable bonds is 0. The molecule has 134 valence electrons. The summed E-state index contributed by atoms with van der Waals surface area (Å²) in [6.45, 7) is 0. The largest absolute Gasteiger partial charge is 0.503 e. The van der Waals surface area contributed by atoms with Crippen LogP contribution in [0.3, 0.4) is 0 Å². The molecule has 1 atom stereocenters. The van der Waals surface area contributed by atoms with Gasteiger partial charge in [0.25, 0.3) is 23.2 Å². The number of hydrogen-bond acceptors (Lipinski definition) is 5. The molecule has 0 saturated carbocycles. The molecule has 0 aliphatic heterocycles. The average molecular weight is 412 g/mol. The van der Waals surface area contributed by atoms with E-state index in [1.54, 1.807) is 0 Å². The maximum absolute atomic E-state index is 12.1. The van der Waals surface area contributed by atoms with Crippen molar-refractivity contribution in [3.8, 4) is 0 Å². The topological polar surface area (TPSA) is 106 Å². The predicted molar refractivity (Wildman–Crippen MR) is 51.8 cm³/mol. The summed E-state index contributed by atoms with van der Waals surface area (Å²) in [6, 6.07) is 0. The minimum Gasteiger partial charge on any atom is -0.305 e. The highest BCUT2D eigenvalue weighted by Crippen LogP contribution is 2.37. The summed E-state index contributed by atoms with van der Waals surface area (Å²) in [7, 11) is -23.7. The van der Waals surface area contributed by atoms with Gasteiger partial charge in [0.2, 0.25) is 9.80 Å². The van der Waals surface area contributed by atoms with Crippen LogP contribution in [-0.4, -0.2) is 45.7 Å². The van der Waals surface area contributed by atoms with E-state index in [4.69, 9.17) is 4.55 Å². The molecule has 0 rings (SSSR count). The van der Waals surface area contributed by atoms with Crippen molar-refractivity contribution in [2.75, 3.05) is 0 Å². The van der Waals surface area contributed by atoms with Crippen molar-refractivity contribution in [1.82, 2.24) is 0 Å². The summed E-state index contributed by atoms with van der Waals surface area (Å²) in [5, 5.41) is 0. The lowest BCUT2D eigenvalue weighted by Crippen LogP contribution is -2.47. The van der Waals surface area contributed by atoms with E-state index < -0.39 is 49.5 Å². The lowest BCUT2D eigenvalue weighted by molar-refractivity contribution is -0.0459. The highest BCUT2D eigenvalue weighted by Gasteiger charge is 2.66. The van der Waals surface area contributed by atoms with E-state index in [9.17, 15) is 60.6 Å². The molecule has 0 saturated heterocycles. The van der Waals surface area contributed by atoms with E-state index in [-0.39, 0.29) is 0 Å². The fourth-order valence-corrected chi connectivity index (χ4v) is 6.53. The summed E-state index contributed by atoms with van der Waals surface area (Å²) in [5.74, 6) is 0. The molecule has 0 fully saturated rings. The van der Waals surface area contributed by atoms with Crippen molar-refractivity contribution in [2.24, 2.45) is 0 Å². The normalized spacial score (nSPS) is 17.9. The van der Waals surface area contributed by atoms with Gasteiger partial charge in [0.05, 0.1) is 0 Å². The zero-order valence-corrected chi connectivity index (χ0v) is 11.6. The fourth-order valence-electron chi connectivity index (χ4n) is 0.725. The highest BCUT2D eigenvalue weighted by molar-refractivity contribution is 8.43. The summed E-state index contributed by atoms with van der Waals surface area (Å²) in [4.78, 5) is 0. The van der Waals surface area contributed by atoms with Gasteiger partial charge >= 0.3 is 16.5 Å². The Balaban J connectivity index is 7.49. The van der Waals surface area contributed by atoms with Crippen LogP contribution in [-0.2, 0) is 29.5 Å². The Morgan fingerprint density at radius 3 is 0.955 bits per heavy atom. The molecule has 0 amide bonds. The Bertz CT molecular complexity index is 723. The third kappa shape index (κ3) is 3.27. The van der Waals surface area contributed by atoms with Gasteiger partial charge in [-0.05, 0) is 0 Å². The van der Waals surface area contributed by atoms with Crippen molar-refractivity contribution < 1.29 is 65.1 Å². The highest BCUT2D eigenvalue weighted by atomic mass is 32.3. The first-order valence-corrected chi connectivity index (χ1v) is 8.42. The monoisotopic (exact) mass is 412 g/mol. The molecule has 0 aromatic rings. The van der Waals surface area contributed by atoms with Gasteiger partial charge in [0.15, 0.2) is 0 Å². The van der Waals surface area contributed by atoms with Crippen LogP contribution >= 0.6 is 0 Å². The molecular weight excluding hydrogens is 411 g/mol. The minimum absolute atomic E-state index is 4.64. The molecule has 0 spiro atoms. The molecule has 0 aliphatic carbocycles. The van der Waals surface area contributed by atoms with Gasteiger partial charge in [-0.25, -0.2) is 21.0 Å². The van der Waals surface area contributed by atoms with Gasteiger partial charge in [-0.1, -0.05) is 0 Å². The number of sulfone groups is 2. The van der Waals surface area contributed by atoms with E-state index in [0.717, 1.165) is 0 Å². The van der Waals surface area contributed by atoms with Gasteiger partial charge in [0, 0.05) is 0 Å². The zero-order valence-electron chi connectivity index (χ0n) is 9.11. The van der Waals surface area contributed by atoms with E-state index >= 15 is 0 Å². The standard InChI is InChI=1S/C4HF9O6S3/c5-2(6,7)20(14,15)1(21(16,17)3(8,9)10)22(18,19)4(11,12)13/h(H,14,15). The number of halogens is 9. The van der Waals surface area contributed by atoms with Crippen molar-refractivity contribution in [1.29, 1.82) is 0 Å². The Morgan fingerprint density at radius 2 is 0.818 bits per heavy atom. The van der Waals surface area contributed by atoms with Crippen LogP contribution in [0.1, 0.15) is 0 Å². The van der Waals surface area contributed by atoms with Gasteiger partial charge in [0.1, 0.15) is 0 Å². The van der Waals surface area contributed by atoms with Crippen molar-refractivity contribution >= 4 is 33.0 Å². The molecule has 18 heteroatoms. The smallest absolute Gasteiger partial charge is 0.305 e. The van der Waals surface area contributed by atoms with E-state index in [1.165, 1.54) is 0 Å². The third-order valence-electron chi connectivity index (χ3n) is 1.59. The van der Waals surface area contributed by atoms with Crippen molar-refractivity contribution in [2.45, 2.75) is 16.5 Å². The third-order valence-corrected chi connectivity index (χ3v) is 8.75.